The van der Waals surface area contributed by atoms with E-state index in [9.17, 15) is 4.39 Å². The molecular formula is C15H22FN3. The molecule has 0 spiro atoms. The Labute approximate surface area is 114 Å². The summed E-state index contributed by atoms with van der Waals surface area (Å²) in [5.41, 5.74) is 0.838. The van der Waals surface area contributed by atoms with E-state index in [1.807, 2.05) is 50.1 Å². The van der Waals surface area contributed by atoms with Crippen molar-refractivity contribution < 1.29 is 4.39 Å². The highest BCUT2D eigenvalue weighted by Crippen LogP contribution is 2.39. The zero-order valence-electron chi connectivity index (χ0n) is 12.1. The van der Waals surface area contributed by atoms with E-state index in [4.69, 9.17) is 4.99 Å². The molecule has 1 fully saturated rings. The Balaban J connectivity index is 2.00. The molecule has 104 valence electrons. The normalized spacial score (nSPS) is 21.5. The Kier molecular flexibility index (Phi) is 4.08. The molecule has 1 aliphatic rings. The number of nitrogens with zero attached hydrogens (tertiary/aromatic N) is 3. The van der Waals surface area contributed by atoms with E-state index in [2.05, 4.69) is 0 Å². The molecule has 0 bridgehead atoms. The van der Waals surface area contributed by atoms with Crippen molar-refractivity contribution in [2.24, 2.45) is 4.99 Å². The van der Waals surface area contributed by atoms with Crippen molar-refractivity contribution in [3.63, 3.8) is 0 Å². The molecule has 0 aliphatic heterocycles. The second-order valence-corrected chi connectivity index (χ2v) is 5.56. The maximum atomic E-state index is 13.7. The molecule has 0 N–H and O–H groups in total. The van der Waals surface area contributed by atoms with Crippen LogP contribution in [0.1, 0.15) is 24.3 Å². The Morgan fingerprint density at radius 1 is 1.11 bits per heavy atom. The van der Waals surface area contributed by atoms with Crippen LogP contribution < -0.4 is 0 Å². The highest BCUT2D eigenvalue weighted by Gasteiger charge is 2.32. The zero-order valence-corrected chi connectivity index (χ0v) is 12.1. The van der Waals surface area contributed by atoms with Crippen LogP contribution in [0, 0.1) is 5.82 Å². The van der Waals surface area contributed by atoms with Gasteiger partial charge in [0.05, 0.1) is 6.04 Å². The lowest BCUT2D eigenvalue weighted by Gasteiger charge is -2.35. The third-order valence-electron chi connectivity index (χ3n) is 3.56. The fourth-order valence-corrected chi connectivity index (χ4v) is 2.55. The SMILES string of the molecule is CN(C)C(=NC1CC(c2ccccc2F)C1)N(C)C. The summed E-state index contributed by atoms with van der Waals surface area (Å²) in [6.45, 7) is 0. The van der Waals surface area contributed by atoms with Gasteiger partial charge in [-0.05, 0) is 30.4 Å². The minimum Gasteiger partial charge on any atom is -0.349 e. The first-order valence-electron chi connectivity index (χ1n) is 6.66. The van der Waals surface area contributed by atoms with Gasteiger partial charge in [-0.1, -0.05) is 18.2 Å². The Bertz CT molecular complexity index is 452. The quantitative estimate of drug-likeness (QED) is 0.603. The van der Waals surface area contributed by atoms with Crippen LogP contribution in [0.5, 0.6) is 0 Å². The first-order valence-corrected chi connectivity index (χ1v) is 6.66. The maximum absolute atomic E-state index is 13.7. The minimum absolute atomic E-state index is 0.0876. The van der Waals surface area contributed by atoms with E-state index >= 15 is 0 Å². The van der Waals surface area contributed by atoms with Crippen molar-refractivity contribution >= 4 is 5.96 Å². The third-order valence-corrected chi connectivity index (χ3v) is 3.56. The third kappa shape index (κ3) is 3.06. The molecule has 0 saturated heterocycles. The summed E-state index contributed by atoms with van der Waals surface area (Å²) in [7, 11) is 7.97. The van der Waals surface area contributed by atoms with Crippen LogP contribution in [-0.2, 0) is 0 Å². The van der Waals surface area contributed by atoms with E-state index in [-0.39, 0.29) is 5.82 Å². The second kappa shape index (κ2) is 5.59. The topological polar surface area (TPSA) is 18.8 Å². The van der Waals surface area contributed by atoms with Crippen LogP contribution in [-0.4, -0.2) is 50.0 Å². The van der Waals surface area contributed by atoms with Gasteiger partial charge in [0.2, 0.25) is 0 Å². The number of aliphatic imine (C=N–C) groups is 1. The first kappa shape index (κ1) is 13.8. The molecule has 0 aromatic heterocycles. The number of hydrogen-bond acceptors (Lipinski definition) is 1. The van der Waals surface area contributed by atoms with E-state index in [1.54, 1.807) is 6.07 Å². The van der Waals surface area contributed by atoms with Crippen molar-refractivity contribution in [1.82, 2.24) is 9.80 Å². The molecule has 1 saturated carbocycles. The Morgan fingerprint density at radius 3 is 2.21 bits per heavy atom. The molecule has 0 unspecified atom stereocenters. The van der Waals surface area contributed by atoms with Gasteiger partial charge in [0.15, 0.2) is 5.96 Å². The standard InChI is InChI=1S/C15H22FN3/c1-18(2)15(19(3)4)17-12-9-11(10-12)13-7-5-6-8-14(13)16/h5-8,11-12H,9-10H2,1-4H3. The van der Waals surface area contributed by atoms with Crippen LogP contribution in [0.25, 0.3) is 0 Å². The molecule has 0 heterocycles. The largest absolute Gasteiger partial charge is 0.349 e. The van der Waals surface area contributed by atoms with Crippen LogP contribution in [0.4, 0.5) is 4.39 Å². The average molecular weight is 263 g/mol. The lowest BCUT2D eigenvalue weighted by Crippen LogP contribution is -2.38. The predicted molar refractivity (Wildman–Crippen MR) is 77.0 cm³/mol. The van der Waals surface area contributed by atoms with Crippen molar-refractivity contribution in [2.75, 3.05) is 28.2 Å². The average Bonchev–Trinajstić information content (AvgIpc) is 2.28. The summed E-state index contributed by atoms with van der Waals surface area (Å²) in [5.74, 6) is 1.20. The van der Waals surface area contributed by atoms with E-state index in [0.717, 1.165) is 24.4 Å². The zero-order chi connectivity index (χ0) is 14.0. The molecule has 1 aromatic rings. The van der Waals surface area contributed by atoms with Crippen LogP contribution in [0.3, 0.4) is 0 Å². The summed E-state index contributed by atoms with van der Waals surface area (Å²) in [6, 6.07) is 7.38. The smallest absolute Gasteiger partial charge is 0.195 e. The summed E-state index contributed by atoms with van der Waals surface area (Å²) in [6.07, 6.45) is 1.87. The molecule has 19 heavy (non-hydrogen) atoms. The molecule has 3 nitrogen and oxygen atoms in total. The van der Waals surface area contributed by atoms with Gasteiger partial charge < -0.3 is 9.80 Å². The van der Waals surface area contributed by atoms with Gasteiger partial charge in [-0.25, -0.2) is 9.38 Å². The number of rotatable bonds is 2. The summed E-state index contributed by atoms with van der Waals surface area (Å²) in [5, 5.41) is 0. The minimum atomic E-state index is -0.0876. The van der Waals surface area contributed by atoms with Crippen LogP contribution in [0.2, 0.25) is 0 Å². The summed E-state index contributed by atoms with van der Waals surface area (Å²) in [4.78, 5) is 8.75. The molecule has 0 amide bonds. The molecule has 2 rings (SSSR count). The van der Waals surface area contributed by atoms with Gasteiger partial charge in [0.1, 0.15) is 5.82 Å². The van der Waals surface area contributed by atoms with Gasteiger partial charge in [0, 0.05) is 28.2 Å². The van der Waals surface area contributed by atoms with Crippen molar-refractivity contribution in [3.8, 4) is 0 Å². The molecule has 4 heteroatoms. The number of hydrogen-bond donors (Lipinski definition) is 0. The molecule has 1 aromatic carbocycles. The van der Waals surface area contributed by atoms with Crippen molar-refractivity contribution in [2.45, 2.75) is 24.8 Å². The van der Waals surface area contributed by atoms with Crippen LogP contribution >= 0.6 is 0 Å². The predicted octanol–water partition coefficient (Wildman–Crippen LogP) is 2.55. The summed E-state index contributed by atoms with van der Waals surface area (Å²) < 4.78 is 13.7. The van der Waals surface area contributed by atoms with Gasteiger partial charge in [-0.2, -0.15) is 0 Å². The Hall–Kier alpha value is -1.58. The molecule has 1 aliphatic carbocycles. The van der Waals surface area contributed by atoms with E-state index in [0.29, 0.717) is 12.0 Å². The van der Waals surface area contributed by atoms with Crippen molar-refractivity contribution in [1.29, 1.82) is 0 Å². The highest BCUT2D eigenvalue weighted by molar-refractivity contribution is 5.79. The van der Waals surface area contributed by atoms with Gasteiger partial charge in [-0.15, -0.1) is 0 Å². The highest BCUT2D eigenvalue weighted by atomic mass is 19.1. The Morgan fingerprint density at radius 2 is 1.68 bits per heavy atom. The maximum Gasteiger partial charge on any atom is 0.195 e. The molecule has 0 radical (unpaired) electrons. The van der Waals surface area contributed by atoms with Gasteiger partial charge in [-0.3, -0.25) is 0 Å². The molecule has 0 atom stereocenters. The van der Waals surface area contributed by atoms with Gasteiger partial charge in [0.25, 0.3) is 0 Å². The van der Waals surface area contributed by atoms with Gasteiger partial charge >= 0.3 is 0 Å². The summed E-state index contributed by atoms with van der Waals surface area (Å²) >= 11 is 0. The second-order valence-electron chi connectivity index (χ2n) is 5.56. The monoisotopic (exact) mass is 263 g/mol. The van der Waals surface area contributed by atoms with E-state index in [1.165, 1.54) is 6.07 Å². The number of halogens is 1. The molecular weight excluding hydrogens is 241 g/mol. The lowest BCUT2D eigenvalue weighted by atomic mass is 9.76. The fourth-order valence-electron chi connectivity index (χ4n) is 2.55. The van der Waals surface area contributed by atoms with Crippen molar-refractivity contribution in [3.05, 3.63) is 35.6 Å². The first-order chi connectivity index (χ1) is 8.99. The fraction of sp³-hybridized carbons (Fsp3) is 0.533. The van der Waals surface area contributed by atoms with E-state index < -0.39 is 0 Å². The van der Waals surface area contributed by atoms with Crippen LogP contribution in [0.15, 0.2) is 29.3 Å². The number of guanidine groups is 1. The number of benzene rings is 1. The lowest BCUT2D eigenvalue weighted by molar-refractivity contribution is 0.334.